The summed E-state index contributed by atoms with van der Waals surface area (Å²) < 4.78 is 48.5. The molecular formula is C30H52O26. The highest BCUT2D eigenvalue weighted by Crippen LogP contribution is 2.30. The number of aliphatic hydroxyl groups is 17. The molecule has 5 heterocycles. The predicted octanol–water partition coefficient (Wildman–Crippen LogP) is -11.9. The Morgan fingerprint density at radius 1 is 0.268 bits per heavy atom. The first-order valence-corrected chi connectivity index (χ1v) is 17.6. The average molecular weight is 829 g/mol. The molecule has 0 amide bonds. The molecule has 0 spiro atoms. The highest BCUT2D eigenvalue weighted by Gasteiger charge is 2.51. The van der Waals surface area contributed by atoms with Crippen LogP contribution in [0.2, 0.25) is 0 Å². The van der Waals surface area contributed by atoms with Crippen molar-refractivity contribution in [3.8, 4) is 0 Å². The third kappa shape index (κ3) is 9.77. The van der Waals surface area contributed by atoms with Gasteiger partial charge in [0, 0.05) is 0 Å². The van der Waals surface area contributed by atoms with Gasteiger partial charge in [0.05, 0.1) is 33.0 Å². The first kappa shape index (κ1) is 46.0. The van der Waals surface area contributed by atoms with Gasteiger partial charge in [0.15, 0.2) is 31.5 Å². The van der Waals surface area contributed by atoms with Crippen LogP contribution in [-0.2, 0) is 42.6 Å². The summed E-state index contributed by atoms with van der Waals surface area (Å²) >= 11 is 0. The van der Waals surface area contributed by atoms with Gasteiger partial charge in [-0.15, -0.1) is 0 Å². The Bertz CT molecular complexity index is 1210. The van der Waals surface area contributed by atoms with Crippen molar-refractivity contribution in [2.24, 2.45) is 0 Å². The van der Waals surface area contributed by atoms with Crippen molar-refractivity contribution in [2.75, 3.05) is 33.0 Å². The van der Waals surface area contributed by atoms with E-state index < -0.39 is 187 Å². The zero-order chi connectivity index (χ0) is 41.3. The summed E-state index contributed by atoms with van der Waals surface area (Å²) in [5, 5.41) is 173. The van der Waals surface area contributed by atoms with Crippen LogP contribution in [0.1, 0.15) is 0 Å². The van der Waals surface area contributed by atoms with Crippen LogP contribution in [0.15, 0.2) is 0 Å². The van der Waals surface area contributed by atoms with E-state index in [1.165, 1.54) is 0 Å². The molecule has 0 radical (unpaired) electrons. The Balaban J connectivity index is 1.15. The third-order valence-corrected chi connectivity index (χ3v) is 10.2. The summed E-state index contributed by atoms with van der Waals surface area (Å²) in [6.07, 6.45) is -44.0. The summed E-state index contributed by atoms with van der Waals surface area (Å²) in [5.41, 5.74) is 0. The van der Waals surface area contributed by atoms with E-state index in [1.807, 2.05) is 0 Å². The molecule has 56 heavy (non-hydrogen) atoms. The van der Waals surface area contributed by atoms with Crippen molar-refractivity contribution in [1.82, 2.24) is 0 Å². The van der Waals surface area contributed by atoms with E-state index >= 15 is 0 Å². The van der Waals surface area contributed by atoms with Crippen LogP contribution in [0.4, 0.5) is 0 Å². The molecule has 17 N–H and O–H groups in total. The lowest BCUT2D eigenvalue weighted by Crippen LogP contribution is -2.63. The molecule has 0 unspecified atom stereocenters. The van der Waals surface area contributed by atoms with Gasteiger partial charge in [-0.05, 0) is 0 Å². The van der Waals surface area contributed by atoms with Crippen LogP contribution in [0.25, 0.3) is 0 Å². The largest absolute Gasteiger partial charge is 0.394 e. The molecule has 25 atom stereocenters. The fourth-order valence-corrected chi connectivity index (χ4v) is 6.61. The zero-order valence-electron chi connectivity index (χ0n) is 29.2. The fraction of sp³-hybridized carbons (Fsp3) is 1.00. The molecule has 0 bridgehead atoms. The second-order valence-corrected chi connectivity index (χ2v) is 14.1. The van der Waals surface area contributed by atoms with Gasteiger partial charge < -0.3 is 129 Å². The highest BCUT2D eigenvalue weighted by molar-refractivity contribution is 4.95. The van der Waals surface area contributed by atoms with E-state index in [0.717, 1.165) is 0 Å². The molecule has 0 aliphatic carbocycles. The Hall–Kier alpha value is -1.04. The fourth-order valence-electron chi connectivity index (χ4n) is 6.61. The van der Waals surface area contributed by atoms with Gasteiger partial charge in [0.25, 0.3) is 0 Å². The maximum Gasteiger partial charge on any atom is 0.186 e. The molecular weight excluding hydrogens is 776 g/mol. The summed E-state index contributed by atoms with van der Waals surface area (Å²) in [4.78, 5) is 0. The number of aliphatic hydroxyl groups excluding tert-OH is 17. The van der Waals surface area contributed by atoms with Crippen molar-refractivity contribution in [1.29, 1.82) is 0 Å². The van der Waals surface area contributed by atoms with Crippen LogP contribution in [0.3, 0.4) is 0 Å². The molecule has 328 valence electrons. The predicted molar refractivity (Wildman–Crippen MR) is 167 cm³/mol. The van der Waals surface area contributed by atoms with E-state index in [2.05, 4.69) is 0 Å². The maximum absolute atomic E-state index is 10.6. The number of hydrogen-bond donors (Lipinski definition) is 17. The van der Waals surface area contributed by atoms with Crippen LogP contribution < -0.4 is 0 Å². The second kappa shape index (κ2) is 19.6. The third-order valence-electron chi connectivity index (χ3n) is 10.2. The standard InChI is InChI=1S/C30H52O26/c31-1-6-11(32)17(38)22(43)27(53-6)49-3-8-13(34)19(40)24(45)29(55-8)51-5-10-15(36)20(41)25(46)30(56-10)50-4-9-14(35)18(39)23(44)28(54-9)48-2-7-12(33)16(37)21(42)26(47)52-7/h6-47H,1-5H2/t6-,7-,8-,9-,10-,11+,12+,13+,14+,15+,16+,17+,18+,19+,20+,21-,22-,23-,24-,25-,26-,27+,28-,29+,30+/m1/s1. The topological polar surface area (TPSA) is 427 Å². The van der Waals surface area contributed by atoms with E-state index in [9.17, 15) is 86.8 Å². The molecule has 0 saturated carbocycles. The Kier molecular flexibility index (Phi) is 16.1. The second-order valence-electron chi connectivity index (χ2n) is 14.1. The summed E-state index contributed by atoms with van der Waals surface area (Å²) in [7, 11) is 0. The molecule has 5 aliphatic rings. The maximum atomic E-state index is 10.6. The molecule has 26 heteroatoms. The van der Waals surface area contributed by atoms with Crippen molar-refractivity contribution in [2.45, 2.75) is 154 Å². The molecule has 5 aliphatic heterocycles. The first-order chi connectivity index (χ1) is 26.4. The molecule has 0 aromatic carbocycles. The number of rotatable bonds is 13. The van der Waals surface area contributed by atoms with Gasteiger partial charge in [0.2, 0.25) is 0 Å². The molecule has 5 saturated heterocycles. The van der Waals surface area contributed by atoms with Crippen molar-refractivity contribution in [3.63, 3.8) is 0 Å². The SMILES string of the molecule is OC[C@H]1O[C@H](OC[C@H]2O[C@H](OC[C@H]3O[C@H](OC[C@H]4O[C@@H](OC[C@H]5O[C@@H](O)[C@H](O)[C@@H](O)[C@H]5O)[C@H](O)[C@@H](O)[C@H]4O)[C@H](O)[C@@H](O)[C@H]3O)[C@H](O)[C@@H](O)[C@H]2O)[C@H](O)[C@@H](O)[C@H]1O. The lowest BCUT2D eigenvalue weighted by molar-refractivity contribution is -0.350. The lowest BCUT2D eigenvalue weighted by Gasteiger charge is -2.44. The number of ether oxygens (including phenoxy) is 9. The Labute approximate surface area is 316 Å². The molecule has 26 nitrogen and oxygen atoms in total. The minimum absolute atomic E-state index is 0.669. The van der Waals surface area contributed by atoms with Gasteiger partial charge in [-0.3, -0.25) is 0 Å². The Morgan fingerprint density at radius 2 is 0.500 bits per heavy atom. The highest BCUT2D eigenvalue weighted by atomic mass is 16.8. The quantitative estimate of drug-likeness (QED) is 0.0819. The molecule has 5 fully saturated rings. The molecule has 0 aromatic heterocycles. The van der Waals surface area contributed by atoms with Crippen molar-refractivity contribution in [3.05, 3.63) is 0 Å². The van der Waals surface area contributed by atoms with Crippen LogP contribution in [0, 0.1) is 0 Å². The van der Waals surface area contributed by atoms with E-state index in [4.69, 9.17) is 42.6 Å². The van der Waals surface area contributed by atoms with Crippen molar-refractivity contribution >= 4 is 0 Å². The molecule has 5 rings (SSSR count). The van der Waals surface area contributed by atoms with Gasteiger partial charge >= 0.3 is 0 Å². The lowest BCUT2D eigenvalue weighted by atomic mass is 9.97. The first-order valence-electron chi connectivity index (χ1n) is 17.6. The summed E-state index contributed by atoms with van der Waals surface area (Å²) in [6.45, 7) is -3.57. The zero-order valence-corrected chi connectivity index (χ0v) is 29.2. The van der Waals surface area contributed by atoms with Gasteiger partial charge in [-0.1, -0.05) is 0 Å². The monoisotopic (exact) mass is 828 g/mol. The number of hydrogen-bond acceptors (Lipinski definition) is 26. The molecule has 0 aromatic rings. The minimum Gasteiger partial charge on any atom is -0.394 e. The van der Waals surface area contributed by atoms with E-state index in [0.29, 0.717) is 0 Å². The normalized spacial score (nSPS) is 53.2. The van der Waals surface area contributed by atoms with Crippen molar-refractivity contribution < 1.29 is 129 Å². The summed E-state index contributed by atoms with van der Waals surface area (Å²) in [5.74, 6) is 0. The van der Waals surface area contributed by atoms with Gasteiger partial charge in [-0.25, -0.2) is 0 Å². The smallest absolute Gasteiger partial charge is 0.186 e. The van der Waals surface area contributed by atoms with Crippen LogP contribution >= 0.6 is 0 Å². The average Bonchev–Trinajstić information content (AvgIpc) is 3.18. The Morgan fingerprint density at radius 3 is 0.786 bits per heavy atom. The van der Waals surface area contributed by atoms with Crippen LogP contribution in [-0.4, -0.2) is 273 Å². The van der Waals surface area contributed by atoms with Crippen LogP contribution in [0.5, 0.6) is 0 Å². The van der Waals surface area contributed by atoms with E-state index in [1.54, 1.807) is 0 Å². The van der Waals surface area contributed by atoms with Gasteiger partial charge in [0.1, 0.15) is 122 Å². The van der Waals surface area contributed by atoms with E-state index in [-0.39, 0.29) is 0 Å². The minimum atomic E-state index is -1.96. The summed E-state index contributed by atoms with van der Waals surface area (Å²) in [6, 6.07) is 0. The van der Waals surface area contributed by atoms with Gasteiger partial charge in [-0.2, -0.15) is 0 Å².